The Balaban J connectivity index is 1.33. The van der Waals surface area contributed by atoms with Gasteiger partial charge in [-0.25, -0.2) is 4.68 Å². The monoisotopic (exact) mass is 517 g/mol. The molecule has 7 nitrogen and oxygen atoms in total. The minimum Gasteiger partial charge on any atom is -0.489 e. The van der Waals surface area contributed by atoms with Crippen molar-refractivity contribution in [1.29, 1.82) is 0 Å². The highest BCUT2D eigenvalue weighted by Crippen LogP contribution is 2.19. The molecule has 0 amide bonds. The van der Waals surface area contributed by atoms with Crippen LogP contribution < -0.4 is 4.74 Å². The van der Waals surface area contributed by atoms with Gasteiger partial charge in [0.2, 0.25) is 0 Å². The van der Waals surface area contributed by atoms with E-state index in [1.165, 1.54) is 7.11 Å². The summed E-state index contributed by atoms with van der Waals surface area (Å²) in [5, 5.41) is 9.23. The van der Waals surface area contributed by atoms with Crippen LogP contribution >= 0.6 is 11.6 Å². The number of ether oxygens (including phenoxy) is 2. The number of halogens is 1. The molecule has 0 spiro atoms. The summed E-state index contributed by atoms with van der Waals surface area (Å²) in [5.41, 5.74) is 4.37. The van der Waals surface area contributed by atoms with Crippen LogP contribution in [0.5, 0.6) is 5.75 Å². The zero-order valence-corrected chi connectivity index (χ0v) is 21.5. The number of oxime groups is 1. The predicted octanol–water partition coefficient (Wildman–Crippen LogP) is 6.03. The largest absolute Gasteiger partial charge is 0.489 e. The molecule has 0 fully saturated rings. The molecule has 0 radical (unpaired) electrons. The van der Waals surface area contributed by atoms with Crippen LogP contribution in [0.15, 0.2) is 96.4 Å². The molecule has 1 atom stereocenters. The summed E-state index contributed by atoms with van der Waals surface area (Å²) >= 11 is 5.96. The highest BCUT2D eigenvalue weighted by molar-refractivity contribution is 6.30. The maximum absolute atomic E-state index is 12.4. The number of benzene rings is 3. The second kappa shape index (κ2) is 12.7. The lowest BCUT2D eigenvalue weighted by atomic mass is 9.95. The molecule has 1 aromatic heterocycles. The van der Waals surface area contributed by atoms with E-state index in [0.717, 1.165) is 22.4 Å². The Hall–Kier alpha value is -4.10. The Bertz CT molecular complexity index is 1320. The van der Waals surface area contributed by atoms with Gasteiger partial charge in [-0.05, 0) is 60.9 Å². The Morgan fingerprint density at radius 2 is 1.68 bits per heavy atom. The Kier molecular flexibility index (Phi) is 8.94. The smallest absolute Gasteiger partial charge is 0.314 e. The first-order chi connectivity index (χ1) is 18.0. The van der Waals surface area contributed by atoms with Gasteiger partial charge in [0.25, 0.3) is 0 Å². The molecule has 0 aliphatic heterocycles. The summed E-state index contributed by atoms with van der Waals surface area (Å²) in [6.45, 7) is 2.48. The minimum absolute atomic E-state index is 0.330. The van der Waals surface area contributed by atoms with E-state index in [2.05, 4.69) is 10.3 Å². The fraction of sp³-hybridized carbons (Fsp3) is 0.207. The lowest BCUT2D eigenvalue weighted by Crippen LogP contribution is -2.26. The normalized spacial score (nSPS) is 12.1. The van der Waals surface area contributed by atoms with E-state index in [0.29, 0.717) is 36.1 Å². The number of nitrogens with zero attached hydrogens (tertiary/aromatic N) is 3. The van der Waals surface area contributed by atoms with Gasteiger partial charge in [0.15, 0.2) is 0 Å². The zero-order valence-electron chi connectivity index (χ0n) is 20.7. The van der Waals surface area contributed by atoms with E-state index >= 15 is 0 Å². The zero-order chi connectivity index (χ0) is 26.0. The molecule has 4 rings (SSSR count). The fourth-order valence-corrected chi connectivity index (χ4v) is 3.81. The van der Waals surface area contributed by atoms with Gasteiger partial charge in [-0.3, -0.25) is 4.79 Å². The van der Waals surface area contributed by atoms with Crippen molar-refractivity contribution in [3.8, 4) is 11.4 Å². The number of rotatable bonds is 11. The third-order valence-electron chi connectivity index (χ3n) is 5.77. The molecular formula is C29H28ClN3O4. The summed E-state index contributed by atoms with van der Waals surface area (Å²) < 4.78 is 12.7. The van der Waals surface area contributed by atoms with Crippen molar-refractivity contribution >= 4 is 23.3 Å². The van der Waals surface area contributed by atoms with E-state index < -0.39 is 5.92 Å². The predicted molar refractivity (Wildman–Crippen MR) is 143 cm³/mol. The van der Waals surface area contributed by atoms with Crippen LogP contribution in [-0.4, -0.2) is 28.6 Å². The van der Waals surface area contributed by atoms with Gasteiger partial charge in [-0.2, -0.15) is 5.10 Å². The highest BCUT2D eigenvalue weighted by atomic mass is 35.5. The van der Waals surface area contributed by atoms with E-state index in [1.807, 2.05) is 85.1 Å². The highest BCUT2D eigenvalue weighted by Gasteiger charge is 2.23. The summed E-state index contributed by atoms with van der Waals surface area (Å²) in [4.78, 5) is 17.9. The van der Waals surface area contributed by atoms with Gasteiger partial charge in [-0.1, -0.05) is 59.2 Å². The van der Waals surface area contributed by atoms with Crippen molar-refractivity contribution in [1.82, 2.24) is 9.78 Å². The summed E-state index contributed by atoms with van der Waals surface area (Å²) in [5.74, 6) is -0.192. The molecule has 0 aliphatic carbocycles. The van der Waals surface area contributed by atoms with Crippen LogP contribution in [0.4, 0.5) is 0 Å². The van der Waals surface area contributed by atoms with E-state index in [1.54, 1.807) is 17.8 Å². The summed E-state index contributed by atoms with van der Waals surface area (Å²) in [6.07, 6.45) is 4.12. The molecule has 37 heavy (non-hydrogen) atoms. The number of methoxy groups -OCH3 is 1. The van der Waals surface area contributed by atoms with Crippen LogP contribution in [0, 0.1) is 5.92 Å². The van der Waals surface area contributed by atoms with Crippen LogP contribution in [0.3, 0.4) is 0 Å². The van der Waals surface area contributed by atoms with Gasteiger partial charge in [-0.15, -0.1) is 0 Å². The second-order valence-corrected chi connectivity index (χ2v) is 8.91. The molecule has 3 aromatic carbocycles. The molecule has 4 aromatic rings. The second-order valence-electron chi connectivity index (χ2n) is 8.47. The van der Waals surface area contributed by atoms with Crippen LogP contribution in [-0.2, 0) is 34.0 Å². The first-order valence-electron chi connectivity index (χ1n) is 11.8. The standard InChI is InChI=1S/C29H28ClN3O4/c1-21(32-37-20-23-6-4-3-5-7-23)28(29(34)35-2)16-22-8-14-27(15-9-22)36-19-24-17-31-33(18-24)26-12-10-25(30)11-13-26/h3-15,17-18,28H,16,19-20H2,1-2H3/b32-21+. The molecule has 0 N–H and O–H groups in total. The van der Waals surface area contributed by atoms with E-state index in [-0.39, 0.29) is 5.97 Å². The molecule has 8 heteroatoms. The first kappa shape index (κ1) is 26.0. The lowest BCUT2D eigenvalue weighted by molar-refractivity contribution is -0.143. The molecule has 190 valence electrons. The van der Waals surface area contributed by atoms with Crippen molar-refractivity contribution < 1.29 is 19.1 Å². The molecule has 0 aliphatic rings. The van der Waals surface area contributed by atoms with Crippen molar-refractivity contribution in [2.75, 3.05) is 7.11 Å². The third-order valence-corrected chi connectivity index (χ3v) is 6.02. The number of carbonyl (C=O) groups excluding carboxylic acids is 1. The summed E-state index contributed by atoms with van der Waals surface area (Å²) in [7, 11) is 1.37. The average Bonchev–Trinajstić information content (AvgIpc) is 3.41. The number of aromatic nitrogens is 2. The van der Waals surface area contributed by atoms with Gasteiger partial charge in [0.1, 0.15) is 24.9 Å². The van der Waals surface area contributed by atoms with E-state index in [4.69, 9.17) is 25.9 Å². The molecule has 0 saturated heterocycles. The molecule has 0 bridgehead atoms. The van der Waals surface area contributed by atoms with Crippen LogP contribution in [0.1, 0.15) is 23.6 Å². The molecule has 0 saturated carbocycles. The number of carbonyl (C=O) groups is 1. The summed E-state index contributed by atoms with van der Waals surface area (Å²) in [6, 6.07) is 24.8. The molecule has 1 unspecified atom stereocenters. The average molecular weight is 518 g/mol. The van der Waals surface area contributed by atoms with E-state index in [9.17, 15) is 4.79 Å². The minimum atomic E-state index is -0.550. The van der Waals surface area contributed by atoms with Crippen molar-refractivity contribution in [3.05, 3.63) is 113 Å². The van der Waals surface area contributed by atoms with Gasteiger partial charge in [0.05, 0.1) is 24.7 Å². The Labute approximate surface area is 221 Å². The van der Waals surface area contributed by atoms with Crippen molar-refractivity contribution in [2.24, 2.45) is 11.1 Å². The Morgan fingerprint density at radius 1 is 0.946 bits per heavy atom. The van der Waals surface area contributed by atoms with Crippen molar-refractivity contribution in [3.63, 3.8) is 0 Å². The third kappa shape index (κ3) is 7.44. The number of hydrogen-bond donors (Lipinski definition) is 0. The van der Waals surface area contributed by atoms with Gasteiger partial charge < -0.3 is 14.3 Å². The maximum Gasteiger partial charge on any atom is 0.314 e. The quantitative estimate of drug-likeness (QED) is 0.138. The Morgan fingerprint density at radius 3 is 2.38 bits per heavy atom. The van der Waals surface area contributed by atoms with Gasteiger partial charge >= 0.3 is 5.97 Å². The lowest BCUT2D eigenvalue weighted by Gasteiger charge is -2.15. The number of esters is 1. The van der Waals surface area contributed by atoms with Crippen LogP contribution in [0.2, 0.25) is 5.02 Å². The maximum atomic E-state index is 12.4. The topological polar surface area (TPSA) is 74.9 Å². The molecular weight excluding hydrogens is 490 g/mol. The SMILES string of the molecule is COC(=O)C(Cc1ccc(OCc2cnn(-c3ccc(Cl)cc3)c2)cc1)/C(C)=N/OCc1ccccc1. The fourth-order valence-electron chi connectivity index (χ4n) is 3.68. The first-order valence-corrected chi connectivity index (χ1v) is 12.2. The number of hydrogen-bond acceptors (Lipinski definition) is 6. The molecule has 1 heterocycles. The van der Waals surface area contributed by atoms with Crippen LogP contribution in [0.25, 0.3) is 5.69 Å². The van der Waals surface area contributed by atoms with Crippen molar-refractivity contribution in [2.45, 2.75) is 26.6 Å². The van der Waals surface area contributed by atoms with Gasteiger partial charge in [0, 0.05) is 16.8 Å².